The SMILES string of the molecule is COCC(=O)N1Cc2c(ccc3cc(Br)ccc23)C[C@H]1C. The zero-order valence-corrected chi connectivity index (χ0v) is 13.8. The van der Waals surface area contributed by atoms with E-state index in [9.17, 15) is 4.79 Å². The zero-order chi connectivity index (χ0) is 15.0. The van der Waals surface area contributed by atoms with Gasteiger partial charge in [0, 0.05) is 24.2 Å². The van der Waals surface area contributed by atoms with Crippen molar-refractivity contribution < 1.29 is 9.53 Å². The van der Waals surface area contributed by atoms with Crippen LogP contribution in [0.5, 0.6) is 0 Å². The van der Waals surface area contributed by atoms with Crippen LogP contribution in [-0.4, -0.2) is 30.6 Å². The maximum Gasteiger partial charge on any atom is 0.249 e. The van der Waals surface area contributed by atoms with Crippen LogP contribution in [0.1, 0.15) is 18.1 Å². The molecule has 2 aromatic carbocycles. The summed E-state index contributed by atoms with van der Waals surface area (Å²) in [6.45, 7) is 2.91. The standard InChI is InChI=1S/C17H18BrNO2/c1-11-7-12-3-4-13-8-14(18)5-6-15(13)16(12)9-19(11)17(20)10-21-2/h3-6,8,11H,7,9-10H2,1-2H3/t11-/m1/s1. The summed E-state index contributed by atoms with van der Waals surface area (Å²) in [5.41, 5.74) is 2.61. The van der Waals surface area contributed by atoms with Crippen molar-refractivity contribution in [3.8, 4) is 0 Å². The molecular formula is C17H18BrNO2. The van der Waals surface area contributed by atoms with Crippen molar-refractivity contribution in [1.29, 1.82) is 0 Å². The third kappa shape index (κ3) is 2.70. The molecular weight excluding hydrogens is 330 g/mol. The van der Waals surface area contributed by atoms with Crippen LogP contribution in [0.25, 0.3) is 10.8 Å². The van der Waals surface area contributed by atoms with Crippen LogP contribution >= 0.6 is 15.9 Å². The number of nitrogens with zero attached hydrogens (tertiary/aromatic N) is 1. The van der Waals surface area contributed by atoms with E-state index in [1.165, 1.54) is 21.9 Å². The Morgan fingerprint density at radius 3 is 2.95 bits per heavy atom. The first kappa shape index (κ1) is 14.5. The van der Waals surface area contributed by atoms with Crippen molar-refractivity contribution >= 4 is 32.6 Å². The summed E-state index contributed by atoms with van der Waals surface area (Å²) in [6, 6.07) is 10.9. The molecule has 0 saturated carbocycles. The Balaban J connectivity index is 2.04. The summed E-state index contributed by atoms with van der Waals surface area (Å²) in [5, 5.41) is 2.44. The smallest absolute Gasteiger partial charge is 0.249 e. The normalized spacial score (nSPS) is 17.9. The molecule has 4 heteroatoms. The van der Waals surface area contributed by atoms with Crippen molar-refractivity contribution in [2.75, 3.05) is 13.7 Å². The Morgan fingerprint density at radius 1 is 1.38 bits per heavy atom. The summed E-state index contributed by atoms with van der Waals surface area (Å²) in [4.78, 5) is 14.1. The van der Waals surface area contributed by atoms with Crippen LogP contribution in [0.3, 0.4) is 0 Å². The van der Waals surface area contributed by atoms with E-state index in [2.05, 4.69) is 53.2 Å². The highest BCUT2D eigenvalue weighted by atomic mass is 79.9. The average Bonchev–Trinajstić information content (AvgIpc) is 2.46. The van der Waals surface area contributed by atoms with Crippen LogP contribution in [-0.2, 0) is 22.5 Å². The van der Waals surface area contributed by atoms with E-state index >= 15 is 0 Å². The summed E-state index contributed by atoms with van der Waals surface area (Å²) in [6.07, 6.45) is 0.900. The second kappa shape index (κ2) is 5.78. The number of hydrogen-bond donors (Lipinski definition) is 0. The number of ether oxygens (including phenoxy) is 1. The molecule has 0 bridgehead atoms. The Bertz CT molecular complexity index is 698. The highest BCUT2D eigenvalue weighted by Gasteiger charge is 2.27. The van der Waals surface area contributed by atoms with E-state index in [1.807, 2.05) is 4.90 Å². The number of fused-ring (bicyclic) bond motifs is 3. The van der Waals surface area contributed by atoms with Gasteiger partial charge in [0.1, 0.15) is 6.61 Å². The fourth-order valence-electron chi connectivity index (χ4n) is 3.08. The molecule has 1 aliphatic rings. The number of rotatable bonds is 2. The van der Waals surface area contributed by atoms with Gasteiger partial charge in [-0.05, 0) is 47.4 Å². The number of benzene rings is 2. The monoisotopic (exact) mass is 347 g/mol. The second-order valence-corrected chi connectivity index (χ2v) is 6.49. The molecule has 0 N–H and O–H groups in total. The van der Waals surface area contributed by atoms with Gasteiger partial charge in [0.05, 0.1) is 0 Å². The lowest BCUT2D eigenvalue weighted by Gasteiger charge is -2.35. The van der Waals surface area contributed by atoms with E-state index < -0.39 is 0 Å². The highest BCUT2D eigenvalue weighted by molar-refractivity contribution is 9.10. The quantitative estimate of drug-likeness (QED) is 0.831. The van der Waals surface area contributed by atoms with Crippen LogP contribution in [0.4, 0.5) is 0 Å². The van der Waals surface area contributed by atoms with Crippen LogP contribution in [0, 0.1) is 0 Å². The predicted molar refractivity (Wildman–Crippen MR) is 87.2 cm³/mol. The maximum atomic E-state index is 12.2. The molecule has 1 aliphatic heterocycles. The van der Waals surface area contributed by atoms with Gasteiger partial charge in [-0.3, -0.25) is 4.79 Å². The fourth-order valence-corrected chi connectivity index (χ4v) is 3.46. The molecule has 0 unspecified atom stereocenters. The molecule has 110 valence electrons. The lowest BCUT2D eigenvalue weighted by Crippen LogP contribution is -2.44. The molecule has 0 radical (unpaired) electrons. The van der Waals surface area contributed by atoms with Crippen molar-refractivity contribution in [3.63, 3.8) is 0 Å². The second-order valence-electron chi connectivity index (χ2n) is 5.58. The Hall–Kier alpha value is -1.39. The van der Waals surface area contributed by atoms with E-state index in [4.69, 9.17) is 4.74 Å². The first-order chi connectivity index (χ1) is 10.1. The molecule has 0 fully saturated rings. The van der Waals surface area contributed by atoms with Gasteiger partial charge in [0.15, 0.2) is 0 Å². The van der Waals surface area contributed by atoms with E-state index in [1.54, 1.807) is 7.11 Å². The minimum atomic E-state index is 0.0600. The van der Waals surface area contributed by atoms with Gasteiger partial charge in [0.2, 0.25) is 5.91 Å². The van der Waals surface area contributed by atoms with Gasteiger partial charge in [-0.1, -0.05) is 34.1 Å². The summed E-state index contributed by atoms with van der Waals surface area (Å²) in [7, 11) is 1.56. The first-order valence-electron chi connectivity index (χ1n) is 7.08. The van der Waals surface area contributed by atoms with Gasteiger partial charge in [-0.25, -0.2) is 0 Å². The van der Waals surface area contributed by atoms with E-state index in [-0.39, 0.29) is 18.6 Å². The molecule has 1 atom stereocenters. The topological polar surface area (TPSA) is 29.5 Å². The number of carbonyl (C=O) groups is 1. The van der Waals surface area contributed by atoms with E-state index in [0.29, 0.717) is 6.54 Å². The third-order valence-electron chi connectivity index (χ3n) is 4.15. The highest BCUT2D eigenvalue weighted by Crippen LogP contribution is 2.31. The number of amides is 1. The lowest BCUT2D eigenvalue weighted by molar-refractivity contribution is -0.138. The minimum absolute atomic E-state index is 0.0600. The largest absolute Gasteiger partial charge is 0.375 e. The van der Waals surface area contributed by atoms with Gasteiger partial charge in [0.25, 0.3) is 0 Å². The first-order valence-corrected chi connectivity index (χ1v) is 7.88. The zero-order valence-electron chi connectivity index (χ0n) is 12.2. The maximum absolute atomic E-state index is 12.2. The molecule has 1 heterocycles. The van der Waals surface area contributed by atoms with Crippen molar-refractivity contribution in [2.45, 2.75) is 25.9 Å². The van der Waals surface area contributed by atoms with Gasteiger partial charge in [-0.2, -0.15) is 0 Å². The molecule has 0 spiro atoms. The molecule has 2 aromatic rings. The van der Waals surface area contributed by atoms with Crippen LogP contribution in [0.15, 0.2) is 34.8 Å². The molecule has 3 nitrogen and oxygen atoms in total. The van der Waals surface area contributed by atoms with Gasteiger partial charge in [-0.15, -0.1) is 0 Å². The molecule has 21 heavy (non-hydrogen) atoms. The Labute approximate surface area is 133 Å². The predicted octanol–water partition coefficient (Wildman–Crippen LogP) is 3.52. The third-order valence-corrected chi connectivity index (χ3v) is 4.65. The molecule has 0 aliphatic carbocycles. The molecule has 0 saturated heterocycles. The van der Waals surface area contributed by atoms with Crippen LogP contribution < -0.4 is 0 Å². The minimum Gasteiger partial charge on any atom is -0.375 e. The van der Waals surface area contributed by atoms with Crippen molar-refractivity contribution in [2.24, 2.45) is 0 Å². The summed E-state index contributed by atoms with van der Waals surface area (Å²) < 4.78 is 6.07. The number of methoxy groups -OCH3 is 1. The Kier molecular flexibility index (Phi) is 4.00. The van der Waals surface area contributed by atoms with Crippen molar-refractivity contribution in [1.82, 2.24) is 4.90 Å². The fraction of sp³-hybridized carbons (Fsp3) is 0.353. The Morgan fingerprint density at radius 2 is 2.19 bits per heavy atom. The molecule has 3 rings (SSSR count). The molecule has 1 amide bonds. The average molecular weight is 348 g/mol. The lowest BCUT2D eigenvalue weighted by atomic mass is 9.90. The van der Waals surface area contributed by atoms with Crippen molar-refractivity contribution in [3.05, 3.63) is 45.9 Å². The number of halogens is 1. The number of carbonyl (C=O) groups excluding carboxylic acids is 1. The van der Waals surface area contributed by atoms with Gasteiger partial charge >= 0.3 is 0 Å². The summed E-state index contributed by atoms with van der Waals surface area (Å²) in [5.74, 6) is 0.0600. The van der Waals surface area contributed by atoms with E-state index in [0.717, 1.165) is 10.9 Å². The van der Waals surface area contributed by atoms with Gasteiger partial charge < -0.3 is 9.64 Å². The number of hydrogen-bond acceptors (Lipinski definition) is 2. The van der Waals surface area contributed by atoms with Crippen LogP contribution in [0.2, 0.25) is 0 Å². The molecule has 0 aromatic heterocycles. The summed E-state index contributed by atoms with van der Waals surface area (Å²) >= 11 is 3.51.